The van der Waals surface area contributed by atoms with Crippen molar-refractivity contribution < 1.29 is 4.79 Å². The number of carbonyl (C=O) groups excluding carboxylic acids is 1. The summed E-state index contributed by atoms with van der Waals surface area (Å²) < 4.78 is 0. The van der Waals surface area contributed by atoms with Crippen LogP contribution >= 0.6 is 11.3 Å². The highest BCUT2D eigenvalue weighted by molar-refractivity contribution is 7.09. The predicted molar refractivity (Wildman–Crippen MR) is 116 cm³/mol. The number of nitrogens with one attached hydrogen (secondary N) is 1. The number of aromatic nitrogens is 1. The number of aromatic amines is 1. The third-order valence-corrected chi connectivity index (χ3v) is 6.04. The normalized spacial score (nSPS) is 12.2. The van der Waals surface area contributed by atoms with Crippen LogP contribution in [0.5, 0.6) is 0 Å². The Balaban J connectivity index is 1.57. The van der Waals surface area contributed by atoms with Crippen LogP contribution in [0.3, 0.4) is 0 Å². The highest BCUT2D eigenvalue weighted by Crippen LogP contribution is 2.21. The van der Waals surface area contributed by atoms with Gasteiger partial charge in [0.2, 0.25) is 5.91 Å². The number of nitrogens with zero attached hydrogens (tertiary/aromatic N) is 1. The number of hydrogen-bond donors (Lipinski definition) is 1. The third kappa shape index (κ3) is 4.18. The van der Waals surface area contributed by atoms with Crippen molar-refractivity contribution >= 4 is 28.1 Å². The molecule has 1 atom stereocenters. The van der Waals surface area contributed by atoms with Gasteiger partial charge in [-0.25, -0.2) is 0 Å². The van der Waals surface area contributed by atoms with Gasteiger partial charge in [0.1, 0.15) is 0 Å². The van der Waals surface area contributed by atoms with Gasteiger partial charge < -0.3 is 9.88 Å². The first-order chi connectivity index (χ1) is 13.7. The van der Waals surface area contributed by atoms with E-state index in [2.05, 4.69) is 47.6 Å². The van der Waals surface area contributed by atoms with Crippen LogP contribution in [0, 0.1) is 0 Å². The minimum absolute atomic E-state index is 0.136. The summed E-state index contributed by atoms with van der Waals surface area (Å²) >= 11 is 1.75. The Hall–Kier alpha value is -2.85. The largest absolute Gasteiger partial charge is 0.361 e. The van der Waals surface area contributed by atoms with Gasteiger partial charge in [-0.05, 0) is 35.6 Å². The molecular formula is C24H24N2OS. The fourth-order valence-corrected chi connectivity index (χ4v) is 4.47. The van der Waals surface area contributed by atoms with E-state index in [1.807, 2.05) is 47.5 Å². The number of amides is 1. The van der Waals surface area contributed by atoms with Crippen LogP contribution in [0.25, 0.3) is 10.9 Å². The first-order valence-corrected chi connectivity index (χ1v) is 10.5. The van der Waals surface area contributed by atoms with Gasteiger partial charge in [0.15, 0.2) is 0 Å². The number of carbonyl (C=O) groups is 1. The second-order valence-electron chi connectivity index (χ2n) is 7.18. The minimum Gasteiger partial charge on any atom is -0.361 e. The van der Waals surface area contributed by atoms with Crippen LogP contribution in [0.2, 0.25) is 0 Å². The lowest BCUT2D eigenvalue weighted by molar-refractivity contribution is -0.133. The summed E-state index contributed by atoms with van der Waals surface area (Å²) in [6.07, 6.45) is 3.25. The van der Waals surface area contributed by atoms with E-state index < -0.39 is 0 Å². The molecule has 4 heteroatoms. The van der Waals surface area contributed by atoms with E-state index in [4.69, 9.17) is 0 Å². The summed E-state index contributed by atoms with van der Waals surface area (Å²) in [7, 11) is 0. The van der Waals surface area contributed by atoms with Crippen LogP contribution in [0.1, 0.15) is 22.9 Å². The predicted octanol–water partition coefficient (Wildman–Crippen LogP) is 5.43. The Kier molecular flexibility index (Phi) is 5.58. The van der Waals surface area contributed by atoms with E-state index in [0.29, 0.717) is 13.0 Å². The van der Waals surface area contributed by atoms with Crippen molar-refractivity contribution in [1.29, 1.82) is 0 Å². The lowest BCUT2D eigenvalue weighted by Crippen LogP contribution is -2.40. The van der Waals surface area contributed by atoms with Crippen LogP contribution < -0.4 is 0 Å². The Morgan fingerprint density at radius 2 is 1.82 bits per heavy atom. The second-order valence-corrected chi connectivity index (χ2v) is 8.21. The molecule has 1 N–H and O–H groups in total. The van der Waals surface area contributed by atoms with Crippen molar-refractivity contribution in [2.75, 3.05) is 0 Å². The number of H-pyrrole nitrogens is 1. The van der Waals surface area contributed by atoms with Crippen molar-refractivity contribution in [3.05, 3.63) is 94.3 Å². The third-order valence-electron chi connectivity index (χ3n) is 5.14. The van der Waals surface area contributed by atoms with E-state index in [0.717, 1.165) is 28.5 Å². The van der Waals surface area contributed by atoms with Gasteiger partial charge >= 0.3 is 0 Å². The van der Waals surface area contributed by atoms with Crippen molar-refractivity contribution in [3.8, 4) is 0 Å². The zero-order valence-corrected chi connectivity index (χ0v) is 16.8. The van der Waals surface area contributed by atoms with Crippen molar-refractivity contribution in [2.24, 2.45) is 0 Å². The Bertz CT molecular complexity index is 1040. The molecule has 2 aromatic carbocycles. The number of rotatable bonds is 7. The summed E-state index contributed by atoms with van der Waals surface area (Å²) in [5.41, 5.74) is 3.29. The van der Waals surface area contributed by atoms with Gasteiger partial charge in [0.25, 0.3) is 0 Å². The Morgan fingerprint density at radius 1 is 1.04 bits per heavy atom. The maximum atomic E-state index is 13.3. The molecule has 0 spiro atoms. The smallest absolute Gasteiger partial charge is 0.227 e. The summed E-state index contributed by atoms with van der Waals surface area (Å²) in [6.45, 7) is 2.78. The van der Waals surface area contributed by atoms with E-state index in [1.165, 1.54) is 4.88 Å². The maximum absolute atomic E-state index is 13.3. The van der Waals surface area contributed by atoms with Crippen LogP contribution in [-0.2, 0) is 24.2 Å². The van der Waals surface area contributed by atoms with Gasteiger partial charge in [-0.15, -0.1) is 11.3 Å². The molecule has 142 valence electrons. The van der Waals surface area contributed by atoms with Gasteiger partial charge in [-0.1, -0.05) is 54.6 Å². The zero-order valence-electron chi connectivity index (χ0n) is 16.0. The van der Waals surface area contributed by atoms with Gasteiger partial charge in [-0.2, -0.15) is 0 Å². The first kappa shape index (κ1) is 18.5. The lowest BCUT2D eigenvalue weighted by Gasteiger charge is -2.29. The molecule has 3 nitrogen and oxygen atoms in total. The molecule has 0 radical (unpaired) electrons. The Labute approximate surface area is 169 Å². The molecule has 0 aliphatic rings. The van der Waals surface area contributed by atoms with Gasteiger partial charge in [0, 0.05) is 41.0 Å². The summed E-state index contributed by atoms with van der Waals surface area (Å²) in [6, 6.07) is 22.7. The van der Waals surface area contributed by atoms with Crippen molar-refractivity contribution in [2.45, 2.75) is 32.4 Å². The Morgan fingerprint density at radius 3 is 2.61 bits per heavy atom. The highest BCUT2D eigenvalue weighted by Gasteiger charge is 2.22. The molecule has 0 bridgehead atoms. The maximum Gasteiger partial charge on any atom is 0.227 e. The minimum atomic E-state index is 0.136. The number of thiophene rings is 1. The standard InChI is InChI=1S/C24H24N2OS/c1-18(14-21-10-7-13-28-21)26(17-19-8-3-2-4-9-19)24(27)15-20-16-25-23-12-6-5-11-22(20)23/h2-13,16,18,25H,14-15,17H2,1H3/t18-/m0/s1. The molecule has 4 rings (SSSR count). The van der Waals surface area contributed by atoms with Crippen LogP contribution in [0.4, 0.5) is 0 Å². The average Bonchev–Trinajstić information content (AvgIpc) is 3.37. The molecule has 0 fully saturated rings. The first-order valence-electron chi connectivity index (χ1n) is 9.61. The molecule has 2 aromatic heterocycles. The molecule has 0 unspecified atom stereocenters. The summed E-state index contributed by atoms with van der Waals surface area (Å²) in [4.78, 5) is 20.0. The number of benzene rings is 2. The van der Waals surface area contributed by atoms with Crippen molar-refractivity contribution in [1.82, 2.24) is 9.88 Å². The number of fused-ring (bicyclic) bond motifs is 1. The molecule has 0 aliphatic heterocycles. The summed E-state index contributed by atoms with van der Waals surface area (Å²) in [5.74, 6) is 0.165. The number of para-hydroxylation sites is 1. The van der Waals surface area contributed by atoms with E-state index in [9.17, 15) is 4.79 Å². The van der Waals surface area contributed by atoms with Gasteiger partial charge in [0.05, 0.1) is 6.42 Å². The molecular weight excluding hydrogens is 364 g/mol. The topological polar surface area (TPSA) is 36.1 Å². The molecule has 0 aliphatic carbocycles. The molecule has 4 aromatic rings. The lowest BCUT2D eigenvalue weighted by atomic mass is 10.1. The molecule has 2 heterocycles. The second kappa shape index (κ2) is 8.44. The quantitative estimate of drug-likeness (QED) is 0.450. The monoisotopic (exact) mass is 388 g/mol. The highest BCUT2D eigenvalue weighted by atomic mass is 32.1. The zero-order chi connectivity index (χ0) is 19.3. The van der Waals surface area contributed by atoms with E-state index in [1.54, 1.807) is 11.3 Å². The van der Waals surface area contributed by atoms with E-state index in [-0.39, 0.29) is 11.9 Å². The SMILES string of the molecule is C[C@@H](Cc1cccs1)N(Cc1ccccc1)C(=O)Cc1c[nH]c2ccccc12. The number of hydrogen-bond acceptors (Lipinski definition) is 2. The van der Waals surface area contributed by atoms with Gasteiger partial charge in [-0.3, -0.25) is 4.79 Å². The van der Waals surface area contributed by atoms with Crippen molar-refractivity contribution in [3.63, 3.8) is 0 Å². The summed E-state index contributed by atoms with van der Waals surface area (Å²) in [5, 5.41) is 3.22. The average molecular weight is 389 g/mol. The van der Waals surface area contributed by atoms with Crippen LogP contribution in [-0.4, -0.2) is 21.8 Å². The van der Waals surface area contributed by atoms with E-state index >= 15 is 0 Å². The molecule has 0 saturated carbocycles. The molecule has 28 heavy (non-hydrogen) atoms. The fourth-order valence-electron chi connectivity index (χ4n) is 3.64. The fraction of sp³-hybridized carbons (Fsp3) is 0.208. The molecule has 0 saturated heterocycles. The molecule has 1 amide bonds. The van der Waals surface area contributed by atoms with Crippen LogP contribution in [0.15, 0.2) is 78.3 Å².